The van der Waals surface area contributed by atoms with Crippen molar-refractivity contribution in [2.75, 3.05) is 30.3 Å². The predicted molar refractivity (Wildman–Crippen MR) is 74.7 cm³/mol. The molecule has 3 N–H and O–H groups in total. The quantitative estimate of drug-likeness (QED) is 0.746. The van der Waals surface area contributed by atoms with Crippen LogP contribution in [0.5, 0.6) is 5.75 Å². The molecule has 3 rings (SSSR count). The fourth-order valence-corrected chi connectivity index (χ4v) is 2.56. The highest BCUT2D eigenvalue weighted by atomic mass is 16.5. The number of hydrogen-bond donors (Lipinski definition) is 3. The highest BCUT2D eigenvalue weighted by molar-refractivity contribution is 5.98. The number of hydrogen-bond acceptors (Lipinski definition) is 4. The molecule has 2 heterocycles. The maximum atomic E-state index is 12.2. The molecule has 0 aliphatic carbocycles. The number of carbonyl (C=O) groups is 2. The zero-order chi connectivity index (χ0) is 14.1. The SMILES string of the molecule is C[C@@H]1CNC[C@H]1C(=O)Nc1ccc2c(c1)NC(=O)CO2. The summed E-state index contributed by atoms with van der Waals surface area (Å²) in [4.78, 5) is 23.5. The van der Waals surface area contributed by atoms with Crippen LogP contribution in [-0.2, 0) is 9.59 Å². The van der Waals surface area contributed by atoms with Gasteiger partial charge < -0.3 is 20.7 Å². The normalized spacial score (nSPS) is 24.6. The minimum absolute atomic E-state index is 0.00510. The molecule has 2 aliphatic heterocycles. The molecular formula is C14H17N3O3. The number of nitrogens with one attached hydrogen (secondary N) is 3. The number of fused-ring (bicyclic) bond motifs is 1. The van der Waals surface area contributed by atoms with Crippen molar-refractivity contribution in [3.63, 3.8) is 0 Å². The van der Waals surface area contributed by atoms with Gasteiger partial charge in [-0.2, -0.15) is 0 Å². The van der Waals surface area contributed by atoms with Crippen LogP contribution < -0.4 is 20.7 Å². The van der Waals surface area contributed by atoms with Crippen molar-refractivity contribution >= 4 is 23.2 Å². The summed E-state index contributed by atoms with van der Waals surface area (Å²) in [5.74, 6) is 0.756. The Hall–Kier alpha value is -2.08. The van der Waals surface area contributed by atoms with Crippen LogP contribution in [-0.4, -0.2) is 31.5 Å². The molecule has 0 radical (unpaired) electrons. The largest absolute Gasteiger partial charge is 0.482 e. The third-order valence-corrected chi connectivity index (χ3v) is 3.73. The fourth-order valence-electron chi connectivity index (χ4n) is 2.56. The lowest BCUT2D eigenvalue weighted by Gasteiger charge is -2.19. The molecule has 20 heavy (non-hydrogen) atoms. The van der Waals surface area contributed by atoms with Gasteiger partial charge in [0.05, 0.1) is 11.6 Å². The lowest BCUT2D eigenvalue weighted by atomic mass is 9.97. The van der Waals surface area contributed by atoms with Gasteiger partial charge in [0.1, 0.15) is 5.75 Å². The number of carbonyl (C=O) groups excluding carboxylic acids is 2. The molecule has 6 heteroatoms. The first-order valence-electron chi connectivity index (χ1n) is 6.72. The number of rotatable bonds is 2. The van der Waals surface area contributed by atoms with Crippen LogP contribution in [0.3, 0.4) is 0 Å². The summed E-state index contributed by atoms with van der Waals surface area (Å²) in [6.45, 7) is 3.67. The van der Waals surface area contributed by atoms with Gasteiger partial charge in [0, 0.05) is 12.2 Å². The van der Waals surface area contributed by atoms with Crippen molar-refractivity contribution in [2.24, 2.45) is 11.8 Å². The molecule has 2 atom stereocenters. The fraction of sp³-hybridized carbons (Fsp3) is 0.429. The molecule has 6 nitrogen and oxygen atoms in total. The van der Waals surface area contributed by atoms with E-state index in [1.165, 1.54) is 0 Å². The van der Waals surface area contributed by atoms with E-state index in [0.29, 0.717) is 29.6 Å². The van der Waals surface area contributed by atoms with E-state index in [0.717, 1.165) is 6.54 Å². The molecule has 0 spiro atoms. The van der Waals surface area contributed by atoms with Crippen LogP contribution in [0.25, 0.3) is 0 Å². The van der Waals surface area contributed by atoms with Crippen molar-refractivity contribution in [3.05, 3.63) is 18.2 Å². The van der Waals surface area contributed by atoms with Crippen LogP contribution in [0.1, 0.15) is 6.92 Å². The second kappa shape index (κ2) is 5.13. The van der Waals surface area contributed by atoms with Crippen molar-refractivity contribution in [1.82, 2.24) is 5.32 Å². The third kappa shape index (κ3) is 2.46. The lowest BCUT2D eigenvalue weighted by molar-refractivity contribution is -0.120. The Kier molecular flexibility index (Phi) is 3.31. The minimum atomic E-state index is -0.186. The highest BCUT2D eigenvalue weighted by Crippen LogP contribution is 2.30. The van der Waals surface area contributed by atoms with Crippen LogP contribution in [0.2, 0.25) is 0 Å². The van der Waals surface area contributed by atoms with Gasteiger partial charge in [0.25, 0.3) is 5.91 Å². The van der Waals surface area contributed by atoms with Gasteiger partial charge in [-0.15, -0.1) is 0 Å². The van der Waals surface area contributed by atoms with Gasteiger partial charge >= 0.3 is 0 Å². The molecule has 1 aromatic rings. The predicted octanol–water partition coefficient (Wildman–Crippen LogP) is 0.811. The Labute approximate surface area is 116 Å². The summed E-state index contributed by atoms with van der Waals surface area (Å²) < 4.78 is 5.28. The van der Waals surface area contributed by atoms with Gasteiger partial charge in [0.2, 0.25) is 5.91 Å². The van der Waals surface area contributed by atoms with Crippen LogP contribution in [0, 0.1) is 11.8 Å². The Morgan fingerprint density at radius 1 is 1.40 bits per heavy atom. The minimum Gasteiger partial charge on any atom is -0.482 e. The maximum Gasteiger partial charge on any atom is 0.262 e. The van der Waals surface area contributed by atoms with Gasteiger partial charge in [-0.25, -0.2) is 0 Å². The summed E-state index contributed by atoms with van der Waals surface area (Å²) in [5.41, 5.74) is 1.26. The van der Waals surface area contributed by atoms with E-state index in [1.807, 2.05) is 0 Å². The third-order valence-electron chi connectivity index (χ3n) is 3.73. The molecule has 0 aromatic heterocycles. The number of anilines is 2. The Morgan fingerprint density at radius 3 is 3.00 bits per heavy atom. The Balaban J connectivity index is 1.73. The molecule has 0 saturated carbocycles. The van der Waals surface area contributed by atoms with Crippen molar-refractivity contribution < 1.29 is 14.3 Å². The molecule has 2 aliphatic rings. The van der Waals surface area contributed by atoms with Gasteiger partial charge in [0.15, 0.2) is 6.61 Å². The topological polar surface area (TPSA) is 79.5 Å². The highest BCUT2D eigenvalue weighted by Gasteiger charge is 2.29. The van der Waals surface area contributed by atoms with E-state index >= 15 is 0 Å². The van der Waals surface area contributed by atoms with Gasteiger partial charge in [-0.3, -0.25) is 9.59 Å². The maximum absolute atomic E-state index is 12.2. The monoisotopic (exact) mass is 275 g/mol. The first-order chi connectivity index (χ1) is 9.63. The second-order valence-corrected chi connectivity index (χ2v) is 5.28. The summed E-state index contributed by atoms with van der Waals surface area (Å²) in [6, 6.07) is 5.25. The van der Waals surface area contributed by atoms with E-state index in [1.54, 1.807) is 18.2 Å². The molecule has 106 valence electrons. The smallest absolute Gasteiger partial charge is 0.262 e. The molecular weight excluding hydrogens is 258 g/mol. The zero-order valence-corrected chi connectivity index (χ0v) is 11.2. The molecule has 0 unspecified atom stereocenters. The summed E-state index contributed by atoms with van der Waals surface area (Å²) in [6.07, 6.45) is 0. The van der Waals surface area contributed by atoms with E-state index in [2.05, 4.69) is 22.9 Å². The van der Waals surface area contributed by atoms with E-state index < -0.39 is 0 Å². The molecule has 1 saturated heterocycles. The van der Waals surface area contributed by atoms with Crippen LogP contribution >= 0.6 is 0 Å². The van der Waals surface area contributed by atoms with Crippen molar-refractivity contribution in [2.45, 2.75) is 6.92 Å². The number of ether oxygens (including phenoxy) is 1. The van der Waals surface area contributed by atoms with Crippen LogP contribution in [0.4, 0.5) is 11.4 Å². The molecule has 1 aromatic carbocycles. The summed E-state index contributed by atoms with van der Waals surface area (Å²) in [5, 5.41) is 8.82. The van der Waals surface area contributed by atoms with E-state index in [4.69, 9.17) is 4.74 Å². The Morgan fingerprint density at radius 2 is 2.25 bits per heavy atom. The number of benzene rings is 1. The molecule has 2 amide bonds. The molecule has 1 fully saturated rings. The summed E-state index contributed by atoms with van der Waals surface area (Å²) >= 11 is 0. The van der Waals surface area contributed by atoms with Crippen LogP contribution in [0.15, 0.2) is 18.2 Å². The number of amides is 2. The Bertz CT molecular complexity index is 559. The van der Waals surface area contributed by atoms with Gasteiger partial charge in [-0.05, 0) is 30.7 Å². The van der Waals surface area contributed by atoms with Crippen molar-refractivity contribution in [1.29, 1.82) is 0 Å². The van der Waals surface area contributed by atoms with Crippen molar-refractivity contribution in [3.8, 4) is 5.75 Å². The van der Waals surface area contributed by atoms with Gasteiger partial charge in [-0.1, -0.05) is 6.92 Å². The first-order valence-corrected chi connectivity index (χ1v) is 6.72. The first kappa shape index (κ1) is 12.9. The molecule has 0 bridgehead atoms. The standard InChI is InChI=1S/C14H17N3O3/c1-8-5-15-6-10(8)14(19)16-9-2-3-12-11(4-9)17-13(18)7-20-12/h2-4,8,10,15H,5-7H2,1H3,(H,16,19)(H,17,18)/t8-,10-/m1/s1. The average molecular weight is 275 g/mol. The summed E-state index contributed by atoms with van der Waals surface area (Å²) in [7, 11) is 0. The lowest BCUT2D eigenvalue weighted by Crippen LogP contribution is -2.28. The van der Waals surface area contributed by atoms with E-state index in [-0.39, 0.29) is 24.3 Å². The zero-order valence-electron chi connectivity index (χ0n) is 11.2. The average Bonchev–Trinajstić information content (AvgIpc) is 2.84. The second-order valence-electron chi connectivity index (χ2n) is 5.28. The van der Waals surface area contributed by atoms with E-state index in [9.17, 15) is 9.59 Å².